The Morgan fingerprint density at radius 2 is 1.67 bits per heavy atom. The van der Waals surface area contributed by atoms with Crippen molar-refractivity contribution in [3.05, 3.63) is 35.9 Å². The summed E-state index contributed by atoms with van der Waals surface area (Å²) in [5.41, 5.74) is 0.758. The second kappa shape index (κ2) is 3.43. The van der Waals surface area contributed by atoms with Crippen LogP contribution in [0.25, 0.3) is 0 Å². The molecule has 2 saturated heterocycles. The van der Waals surface area contributed by atoms with Gasteiger partial charge in [0.1, 0.15) is 0 Å². The Hall–Kier alpha value is -1.19. The molecular formula is C12H12O3. The number of Topliss-reactive ketones (excluding diaryl/α,β-unsaturated/α-hetero) is 1. The van der Waals surface area contributed by atoms with E-state index in [2.05, 4.69) is 0 Å². The number of hydrogen-bond acceptors (Lipinski definition) is 3. The molecule has 1 aromatic rings. The van der Waals surface area contributed by atoms with E-state index in [1.54, 1.807) is 0 Å². The van der Waals surface area contributed by atoms with E-state index in [1.165, 1.54) is 0 Å². The maximum Gasteiger partial charge on any atom is 0.171 e. The number of carbonyl (C=O) groups excluding carboxylic acids is 1. The molecule has 3 nitrogen and oxygen atoms in total. The first-order valence-corrected chi connectivity index (χ1v) is 5.19. The SMILES string of the molecule is O=C(c1ccccc1)C(C1CO1)C1CO1. The first kappa shape index (κ1) is 9.07. The summed E-state index contributed by atoms with van der Waals surface area (Å²) in [7, 11) is 0. The van der Waals surface area contributed by atoms with Crippen molar-refractivity contribution >= 4 is 5.78 Å². The van der Waals surface area contributed by atoms with Gasteiger partial charge in [0.2, 0.25) is 0 Å². The van der Waals surface area contributed by atoms with Gasteiger partial charge < -0.3 is 9.47 Å². The van der Waals surface area contributed by atoms with E-state index in [-0.39, 0.29) is 23.9 Å². The van der Waals surface area contributed by atoms with Crippen molar-refractivity contribution in [3.8, 4) is 0 Å². The molecule has 1 aromatic carbocycles. The molecule has 0 radical (unpaired) electrons. The third-order valence-electron chi connectivity index (χ3n) is 2.88. The molecule has 0 N–H and O–H groups in total. The van der Waals surface area contributed by atoms with Gasteiger partial charge in [0, 0.05) is 5.56 Å². The summed E-state index contributed by atoms with van der Waals surface area (Å²) in [6, 6.07) is 9.37. The van der Waals surface area contributed by atoms with Gasteiger partial charge in [0.15, 0.2) is 5.78 Å². The normalized spacial score (nSPS) is 29.6. The summed E-state index contributed by atoms with van der Waals surface area (Å²) in [5, 5.41) is 0. The smallest absolute Gasteiger partial charge is 0.171 e. The number of hydrogen-bond donors (Lipinski definition) is 0. The van der Waals surface area contributed by atoms with Crippen LogP contribution >= 0.6 is 0 Å². The van der Waals surface area contributed by atoms with Gasteiger partial charge in [-0.1, -0.05) is 30.3 Å². The topological polar surface area (TPSA) is 42.1 Å². The standard InChI is InChI=1S/C12H12O3/c13-12(8-4-2-1-3-5-8)11(9-6-14-9)10-7-15-10/h1-5,9-11H,6-7H2. The van der Waals surface area contributed by atoms with Crippen molar-refractivity contribution < 1.29 is 14.3 Å². The molecule has 0 bridgehead atoms. The Bertz CT molecular complexity index is 354. The maximum absolute atomic E-state index is 12.1. The average Bonchev–Trinajstić information content (AvgIpc) is 3.14. The molecule has 0 aliphatic carbocycles. The summed E-state index contributed by atoms with van der Waals surface area (Å²) >= 11 is 0. The first-order chi connectivity index (χ1) is 7.36. The fourth-order valence-corrected chi connectivity index (χ4v) is 1.90. The van der Waals surface area contributed by atoms with Crippen molar-refractivity contribution in [3.63, 3.8) is 0 Å². The zero-order valence-corrected chi connectivity index (χ0v) is 8.26. The fourth-order valence-electron chi connectivity index (χ4n) is 1.90. The third kappa shape index (κ3) is 1.80. The lowest BCUT2D eigenvalue weighted by Crippen LogP contribution is -2.26. The molecular weight excluding hydrogens is 192 g/mol. The van der Waals surface area contributed by atoms with Crippen LogP contribution in [0.1, 0.15) is 10.4 Å². The molecule has 2 unspecified atom stereocenters. The number of rotatable bonds is 4. The fraction of sp³-hybridized carbons (Fsp3) is 0.417. The lowest BCUT2D eigenvalue weighted by Gasteiger charge is -2.09. The minimum atomic E-state index is -0.0904. The average molecular weight is 204 g/mol. The summed E-state index contributed by atoms with van der Waals surface area (Å²) in [4.78, 5) is 12.1. The minimum Gasteiger partial charge on any atom is -0.372 e. The number of ether oxygens (including phenoxy) is 2. The third-order valence-corrected chi connectivity index (χ3v) is 2.88. The van der Waals surface area contributed by atoms with Crippen LogP contribution < -0.4 is 0 Å². The predicted molar refractivity (Wildman–Crippen MR) is 53.7 cm³/mol. The highest BCUT2D eigenvalue weighted by Gasteiger charge is 2.48. The first-order valence-electron chi connectivity index (χ1n) is 5.19. The Morgan fingerprint density at radius 1 is 1.13 bits per heavy atom. The van der Waals surface area contributed by atoms with Crippen molar-refractivity contribution in [1.82, 2.24) is 0 Å². The number of benzene rings is 1. The molecule has 2 aliphatic heterocycles. The Kier molecular flexibility index (Phi) is 2.08. The molecule has 3 heteroatoms. The Balaban J connectivity index is 1.82. The van der Waals surface area contributed by atoms with Crippen LogP contribution in [0.15, 0.2) is 30.3 Å². The van der Waals surface area contributed by atoms with Crippen LogP contribution in [0, 0.1) is 5.92 Å². The van der Waals surface area contributed by atoms with Crippen molar-refractivity contribution in [2.75, 3.05) is 13.2 Å². The highest BCUT2D eigenvalue weighted by atomic mass is 16.6. The zero-order valence-electron chi connectivity index (χ0n) is 8.26. The van der Waals surface area contributed by atoms with E-state index in [4.69, 9.17) is 9.47 Å². The van der Waals surface area contributed by atoms with Crippen molar-refractivity contribution in [2.24, 2.45) is 5.92 Å². The van der Waals surface area contributed by atoms with Gasteiger partial charge in [-0.3, -0.25) is 4.79 Å². The highest BCUT2D eigenvalue weighted by molar-refractivity contribution is 5.99. The van der Waals surface area contributed by atoms with Crippen LogP contribution in [-0.2, 0) is 9.47 Å². The molecule has 2 heterocycles. The van der Waals surface area contributed by atoms with Gasteiger partial charge in [-0.05, 0) is 0 Å². The molecule has 78 valence electrons. The molecule has 0 aromatic heterocycles. The second-order valence-electron chi connectivity index (χ2n) is 4.00. The van der Waals surface area contributed by atoms with Gasteiger partial charge in [0.05, 0.1) is 31.3 Å². The zero-order chi connectivity index (χ0) is 10.3. The van der Waals surface area contributed by atoms with Gasteiger partial charge in [-0.2, -0.15) is 0 Å². The quantitative estimate of drug-likeness (QED) is 0.548. The largest absolute Gasteiger partial charge is 0.372 e. The summed E-state index contributed by atoms with van der Waals surface area (Å²) < 4.78 is 10.4. The molecule has 15 heavy (non-hydrogen) atoms. The predicted octanol–water partition coefficient (Wildman–Crippen LogP) is 1.28. The van der Waals surface area contributed by atoms with E-state index in [0.717, 1.165) is 5.56 Å². The van der Waals surface area contributed by atoms with Crippen LogP contribution in [-0.4, -0.2) is 31.2 Å². The van der Waals surface area contributed by atoms with E-state index >= 15 is 0 Å². The molecule has 0 saturated carbocycles. The Labute approximate surface area is 88.0 Å². The number of ketones is 1. The second-order valence-corrected chi connectivity index (χ2v) is 4.00. The maximum atomic E-state index is 12.1. The van der Waals surface area contributed by atoms with Gasteiger partial charge in [-0.25, -0.2) is 0 Å². The van der Waals surface area contributed by atoms with Crippen LogP contribution in [0.4, 0.5) is 0 Å². The van der Waals surface area contributed by atoms with E-state index < -0.39 is 0 Å². The summed E-state index contributed by atoms with van der Waals surface area (Å²) in [5.74, 6) is 0.0630. The van der Waals surface area contributed by atoms with Crippen molar-refractivity contribution in [2.45, 2.75) is 12.2 Å². The van der Waals surface area contributed by atoms with E-state index in [9.17, 15) is 4.79 Å². The van der Waals surface area contributed by atoms with Crippen LogP contribution in [0.3, 0.4) is 0 Å². The summed E-state index contributed by atoms with van der Waals surface area (Å²) in [6.45, 7) is 1.40. The molecule has 2 fully saturated rings. The lowest BCUT2D eigenvalue weighted by atomic mass is 9.92. The lowest BCUT2D eigenvalue weighted by molar-refractivity contribution is 0.0868. The molecule has 2 aliphatic rings. The number of carbonyl (C=O) groups is 1. The molecule has 2 atom stereocenters. The molecule has 0 amide bonds. The van der Waals surface area contributed by atoms with E-state index in [1.807, 2.05) is 30.3 Å². The van der Waals surface area contributed by atoms with Crippen LogP contribution in [0.2, 0.25) is 0 Å². The molecule has 3 rings (SSSR count). The van der Waals surface area contributed by atoms with Gasteiger partial charge in [-0.15, -0.1) is 0 Å². The monoisotopic (exact) mass is 204 g/mol. The van der Waals surface area contributed by atoms with Gasteiger partial charge >= 0.3 is 0 Å². The van der Waals surface area contributed by atoms with Crippen molar-refractivity contribution in [1.29, 1.82) is 0 Å². The van der Waals surface area contributed by atoms with E-state index in [0.29, 0.717) is 13.2 Å². The van der Waals surface area contributed by atoms with Crippen LogP contribution in [0.5, 0.6) is 0 Å². The number of epoxide rings is 2. The van der Waals surface area contributed by atoms with Gasteiger partial charge in [0.25, 0.3) is 0 Å². The summed E-state index contributed by atoms with van der Waals surface area (Å²) in [6.07, 6.45) is 0.176. The Morgan fingerprint density at radius 3 is 2.13 bits per heavy atom. The minimum absolute atomic E-state index is 0.0882. The highest BCUT2D eigenvalue weighted by Crippen LogP contribution is 2.33. The molecule has 0 spiro atoms.